The molecule has 11 heteroatoms. The van der Waals surface area contributed by atoms with Crippen LogP contribution in [0.3, 0.4) is 0 Å². The van der Waals surface area contributed by atoms with E-state index < -0.39 is 24.0 Å². The molecule has 2 atom stereocenters. The summed E-state index contributed by atoms with van der Waals surface area (Å²) in [4.78, 5) is 62.1. The lowest BCUT2D eigenvalue weighted by molar-refractivity contribution is -0.147. The molecule has 2 aliphatic rings. The van der Waals surface area contributed by atoms with Gasteiger partial charge in [0.2, 0.25) is 23.6 Å². The first-order chi connectivity index (χ1) is 12.8. The van der Waals surface area contributed by atoms with E-state index in [2.05, 4.69) is 10.6 Å². The fourth-order valence-electron chi connectivity index (χ4n) is 3.11. The Hall–Kier alpha value is -2.30. The van der Waals surface area contributed by atoms with Crippen molar-refractivity contribution in [1.82, 2.24) is 20.4 Å². The molecule has 4 amide bonds. The number of piperazine rings is 1. The first kappa shape index (κ1) is 21.0. The number of carbonyl (C=O) groups is 5. The number of aliphatic carboxylic acids is 1. The standard InChI is InChI=1S/C16H24N4O6S/c1-10(21)20-6-5-19(13(22)8-27-9-14(23)24)7-12(20)16(26)18-11-3-2-4-17-15(11)25/h11-12H,2-9H2,1H3,(H,17,25)(H,18,26)(H,23,24)/t11-,12-/m0/s1. The first-order valence-corrected chi connectivity index (χ1v) is 9.87. The van der Waals surface area contributed by atoms with Gasteiger partial charge in [0.15, 0.2) is 0 Å². The van der Waals surface area contributed by atoms with E-state index in [0.717, 1.165) is 18.2 Å². The van der Waals surface area contributed by atoms with Crippen molar-refractivity contribution in [3.63, 3.8) is 0 Å². The number of amides is 4. The summed E-state index contributed by atoms with van der Waals surface area (Å²) in [6.07, 6.45) is 1.28. The lowest BCUT2D eigenvalue weighted by atomic mass is 10.1. The normalized spacial score (nSPS) is 22.8. The molecule has 0 aromatic carbocycles. The molecule has 150 valence electrons. The summed E-state index contributed by atoms with van der Waals surface area (Å²) < 4.78 is 0. The molecular weight excluding hydrogens is 376 g/mol. The lowest BCUT2D eigenvalue weighted by Gasteiger charge is -2.40. The van der Waals surface area contributed by atoms with E-state index in [1.807, 2.05) is 0 Å². The third-order valence-corrected chi connectivity index (χ3v) is 5.40. The predicted molar refractivity (Wildman–Crippen MR) is 96.9 cm³/mol. The van der Waals surface area contributed by atoms with Crippen LogP contribution in [0.4, 0.5) is 0 Å². The van der Waals surface area contributed by atoms with E-state index >= 15 is 0 Å². The third kappa shape index (κ3) is 5.84. The van der Waals surface area contributed by atoms with Crippen molar-refractivity contribution in [2.75, 3.05) is 37.7 Å². The van der Waals surface area contributed by atoms with Crippen LogP contribution < -0.4 is 10.6 Å². The molecule has 2 rings (SSSR count). The zero-order valence-corrected chi connectivity index (χ0v) is 15.9. The van der Waals surface area contributed by atoms with Gasteiger partial charge in [0, 0.05) is 26.6 Å². The Morgan fingerprint density at radius 3 is 2.63 bits per heavy atom. The second-order valence-corrected chi connectivity index (χ2v) is 7.43. The number of carbonyl (C=O) groups excluding carboxylic acids is 4. The number of rotatable bonds is 6. The van der Waals surface area contributed by atoms with E-state index in [-0.39, 0.29) is 48.9 Å². The van der Waals surface area contributed by atoms with Gasteiger partial charge in [-0.25, -0.2) is 0 Å². The van der Waals surface area contributed by atoms with Crippen molar-refractivity contribution in [2.24, 2.45) is 0 Å². The molecular formula is C16H24N4O6S. The van der Waals surface area contributed by atoms with Gasteiger partial charge in [-0.05, 0) is 12.8 Å². The Morgan fingerprint density at radius 1 is 1.26 bits per heavy atom. The summed E-state index contributed by atoms with van der Waals surface area (Å²) in [5, 5.41) is 14.0. The van der Waals surface area contributed by atoms with Gasteiger partial charge in [-0.3, -0.25) is 24.0 Å². The fourth-order valence-corrected chi connectivity index (χ4v) is 3.74. The molecule has 2 fully saturated rings. The van der Waals surface area contributed by atoms with Crippen LogP contribution in [0.2, 0.25) is 0 Å². The lowest BCUT2D eigenvalue weighted by Crippen LogP contribution is -2.63. The quantitative estimate of drug-likeness (QED) is 0.481. The van der Waals surface area contributed by atoms with E-state index in [4.69, 9.17) is 5.11 Å². The minimum Gasteiger partial charge on any atom is -0.481 e. The number of thioether (sulfide) groups is 1. The molecule has 0 unspecified atom stereocenters. The Morgan fingerprint density at radius 2 is 2.00 bits per heavy atom. The minimum absolute atomic E-state index is 0.00819. The third-order valence-electron chi connectivity index (χ3n) is 4.49. The molecule has 0 radical (unpaired) electrons. The maximum atomic E-state index is 12.7. The van der Waals surface area contributed by atoms with E-state index in [1.165, 1.54) is 16.7 Å². The zero-order valence-electron chi connectivity index (χ0n) is 15.1. The highest BCUT2D eigenvalue weighted by molar-refractivity contribution is 8.00. The Kier molecular flexibility index (Phi) is 7.45. The number of carboxylic acids is 1. The number of nitrogens with one attached hydrogen (secondary N) is 2. The highest BCUT2D eigenvalue weighted by Crippen LogP contribution is 2.14. The predicted octanol–water partition coefficient (Wildman–Crippen LogP) is -1.74. The number of nitrogens with zero attached hydrogens (tertiary/aromatic N) is 2. The smallest absolute Gasteiger partial charge is 0.313 e. The molecule has 3 N–H and O–H groups in total. The van der Waals surface area contributed by atoms with Crippen LogP contribution in [0.1, 0.15) is 19.8 Å². The monoisotopic (exact) mass is 400 g/mol. The van der Waals surface area contributed by atoms with Gasteiger partial charge in [-0.15, -0.1) is 11.8 Å². The zero-order chi connectivity index (χ0) is 20.0. The highest BCUT2D eigenvalue weighted by Gasteiger charge is 2.37. The number of carboxylic acid groups (broad SMARTS) is 1. The van der Waals surface area contributed by atoms with Crippen molar-refractivity contribution < 1.29 is 29.1 Å². The number of hydrogen-bond acceptors (Lipinski definition) is 6. The summed E-state index contributed by atoms with van der Waals surface area (Å²) in [6.45, 7) is 2.43. The Balaban J connectivity index is 1.99. The van der Waals surface area contributed by atoms with E-state index in [9.17, 15) is 24.0 Å². The van der Waals surface area contributed by atoms with Crippen LogP contribution in [-0.4, -0.2) is 94.3 Å². The maximum Gasteiger partial charge on any atom is 0.313 e. The van der Waals surface area contributed by atoms with E-state index in [0.29, 0.717) is 13.0 Å². The fraction of sp³-hybridized carbons (Fsp3) is 0.688. The second kappa shape index (κ2) is 9.58. The van der Waals surface area contributed by atoms with Crippen molar-refractivity contribution >= 4 is 41.4 Å². The van der Waals surface area contributed by atoms with Gasteiger partial charge in [-0.2, -0.15) is 0 Å². The molecule has 0 aliphatic carbocycles. The molecule has 2 heterocycles. The van der Waals surface area contributed by atoms with Crippen molar-refractivity contribution in [3.05, 3.63) is 0 Å². The van der Waals surface area contributed by atoms with Crippen LogP contribution in [0.5, 0.6) is 0 Å². The van der Waals surface area contributed by atoms with Crippen LogP contribution in [0, 0.1) is 0 Å². The minimum atomic E-state index is -1.00. The van der Waals surface area contributed by atoms with Crippen molar-refractivity contribution in [3.8, 4) is 0 Å². The molecule has 0 spiro atoms. The molecule has 0 aromatic heterocycles. The molecule has 0 saturated carbocycles. The summed E-state index contributed by atoms with van der Waals surface area (Å²) in [5.41, 5.74) is 0. The number of piperidine rings is 1. The molecule has 0 bridgehead atoms. The second-order valence-electron chi connectivity index (χ2n) is 6.45. The molecule has 0 aromatic rings. The summed E-state index contributed by atoms with van der Waals surface area (Å²) >= 11 is 0.984. The summed E-state index contributed by atoms with van der Waals surface area (Å²) in [7, 11) is 0. The number of hydrogen-bond donors (Lipinski definition) is 3. The van der Waals surface area contributed by atoms with Crippen LogP contribution in [0.25, 0.3) is 0 Å². The largest absolute Gasteiger partial charge is 0.481 e. The van der Waals surface area contributed by atoms with Gasteiger partial charge in [0.05, 0.1) is 18.1 Å². The first-order valence-electron chi connectivity index (χ1n) is 8.72. The van der Waals surface area contributed by atoms with Gasteiger partial charge >= 0.3 is 5.97 Å². The maximum absolute atomic E-state index is 12.7. The van der Waals surface area contributed by atoms with Crippen LogP contribution in [0.15, 0.2) is 0 Å². The van der Waals surface area contributed by atoms with Crippen LogP contribution in [-0.2, 0) is 24.0 Å². The van der Waals surface area contributed by atoms with Gasteiger partial charge in [0.25, 0.3) is 0 Å². The average Bonchev–Trinajstić information content (AvgIpc) is 2.62. The van der Waals surface area contributed by atoms with Crippen molar-refractivity contribution in [1.29, 1.82) is 0 Å². The summed E-state index contributed by atoms with van der Waals surface area (Å²) in [5.74, 6) is -2.47. The topological polar surface area (TPSA) is 136 Å². The van der Waals surface area contributed by atoms with E-state index in [1.54, 1.807) is 0 Å². The van der Waals surface area contributed by atoms with Gasteiger partial charge < -0.3 is 25.5 Å². The summed E-state index contributed by atoms with van der Waals surface area (Å²) in [6, 6.07) is -1.52. The SMILES string of the molecule is CC(=O)N1CCN(C(=O)CSCC(=O)O)C[C@H]1C(=O)N[C@H]1CCCNC1=O. The van der Waals surface area contributed by atoms with Gasteiger partial charge in [-0.1, -0.05) is 0 Å². The Labute approximate surface area is 161 Å². The van der Waals surface area contributed by atoms with Crippen LogP contribution >= 0.6 is 11.8 Å². The molecule has 10 nitrogen and oxygen atoms in total. The molecule has 27 heavy (non-hydrogen) atoms. The van der Waals surface area contributed by atoms with Crippen molar-refractivity contribution in [2.45, 2.75) is 31.8 Å². The highest BCUT2D eigenvalue weighted by atomic mass is 32.2. The average molecular weight is 400 g/mol. The Bertz CT molecular complexity index is 628. The van der Waals surface area contributed by atoms with Gasteiger partial charge in [0.1, 0.15) is 12.1 Å². The molecule has 2 aliphatic heterocycles. The molecule has 2 saturated heterocycles.